The first kappa shape index (κ1) is 26.0. The van der Waals surface area contributed by atoms with Gasteiger partial charge in [0.1, 0.15) is 6.04 Å². The Bertz CT molecular complexity index is 1410. The summed E-state index contributed by atoms with van der Waals surface area (Å²) in [5.41, 5.74) is 5.81. The number of carbonyl (C=O) groups excluding carboxylic acids is 4. The number of aryl methyl sites for hydroxylation is 1. The quantitative estimate of drug-likeness (QED) is 0.347. The number of para-hydroxylation sites is 1. The predicted molar refractivity (Wildman–Crippen MR) is 149 cm³/mol. The third-order valence-corrected chi connectivity index (χ3v) is 8.53. The van der Waals surface area contributed by atoms with Crippen LogP contribution >= 0.6 is 0 Å². The Morgan fingerprint density at radius 3 is 1.75 bits per heavy atom. The van der Waals surface area contributed by atoms with Crippen molar-refractivity contribution in [2.45, 2.75) is 45.1 Å². The number of hydrogen-bond donors (Lipinski definition) is 1. The molecule has 1 heterocycles. The van der Waals surface area contributed by atoms with E-state index in [0.717, 1.165) is 32.7 Å². The summed E-state index contributed by atoms with van der Waals surface area (Å²) in [4.78, 5) is 55.4. The molecule has 0 saturated carbocycles. The van der Waals surface area contributed by atoms with Gasteiger partial charge in [0, 0.05) is 17.5 Å². The van der Waals surface area contributed by atoms with Gasteiger partial charge in [-0.25, -0.2) is 4.79 Å². The summed E-state index contributed by atoms with van der Waals surface area (Å²) in [6.07, 6.45) is 0.254. The molecule has 7 heteroatoms. The van der Waals surface area contributed by atoms with Crippen molar-refractivity contribution in [1.82, 2.24) is 4.90 Å². The highest BCUT2D eigenvalue weighted by molar-refractivity contribution is 6.10. The second kappa shape index (κ2) is 10.0. The van der Waals surface area contributed by atoms with Crippen molar-refractivity contribution in [1.29, 1.82) is 0 Å². The third kappa shape index (κ3) is 4.12. The number of imide groups is 1. The molecule has 3 aliphatic carbocycles. The first-order valence-electron chi connectivity index (χ1n) is 13.8. The second-order valence-electron chi connectivity index (χ2n) is 11.4. The van der Waals surface area contributed by atoms with E-state index in [4.69, 9.17) is 4.74 Å². The fourth-order valence-corrected chi connectivity index (χ4v) is 6.89. The number of esters is 1. The second-order valence-corrected chi connectivity index (χ2v) is 11.4. The highest BCUT2D eigenvalue weighted by Gasteiger charge is 2.63. The van der Waals surface area contributed by atoms with Gasteiger partial charge >= 0.3 is 5.97 Å². The lowest BCUT2D eigenvalue weighted by molar-refractivity contribution is -0.160. The summed E-state index contributed by atoms with van der Waals surface area (Å²) >= 11 is 0. The summed E-state index contributed by atoms with van der Waals surface area (Å²) in [6.45, 7) is 5.22. The predicted octanol–water partition coefficient (Wildman–Crippen LogP) is 4.78. The SMILES string of the molecule is Cc1ccccc1NC(=O)COC(=O)[C@@H](CC(C)C)N1C(=O)[C@@H]2C3c4ccccc4C(c4ccccc43)[C@@H]2C1=O. The highest BCUT2D eigenvalue weighted by Crippen LogP contribution is 2.61. The molecule has 2 bridgehead atoms. The molecule has 0 aromatic heterocycles. The van der Waals surface area contributed by atoms with E-state index in [-0.39, 0.29) is 36.0 Å². The Morgan fingerprint density at radius 2 is 1.27 bits per heavy atom. The Balaban J connectivity index is 1.28. The molecule has 0 radical (unpaired) electrons. The largest absolute Gasteiger partial charge is 0.454 e. The van der Waals surface area contributed by atoms with Gasteiger partial charge in [0.15, 0.2) is 6.61 Å². The van der Waals surface area contributed by atoms with Gasteiger partial charge < -0.3 is 10.1 Å². The van der Waals surface area contributed by atoms with Crippen molar-refractivity contribution in [3.63, 3.8) is 0 Å². The van der Waals surface area contributed by atoms with Crippen molar-refractivity contribution >= 4 is 29.4 Å². The average molecular weight is 537 g/mol. The zero-order valence-electron chi connectivity index (χ0n) is 22.8. The maximum absolute atomic E-state index is 14.1. The number of nitrogens with zero attached hydrogens (tertiary/aromatic N) is 1. The molecular weight excluding hydrogens is 504 g/mol. The van der Waals surface area contributed by atoms with Crippen LogP contribution in [0, 0.1) is 24.7 Å². The molecule has 1 fully saturated rings. The number of likely N-dealkylation sites (tertiary alicyclic amines) is 1. The van der Waals surface area contributed by atoms with Crippen molar-refractivity contribution in [3.8, 4) is 0 Å². The van der Waals surface area contributed by atoms with Gasteiger partial charge in [-0.1, -0.05) is 80.6 Å². The van der Waals surface area contributed by atoms with Crippen molar-refractivity contribution in [3.05, 3.63) is 101 Å². The van der Waals surface area contributed by atoms with Gasteiger partial charge in [0.25, 0.3) is 5.91 Å². The van der Waals surface area contributed by atoms with E-state index in [2.05, 4.69) is 5.32 Å². The normalized spacial score (nSPS) is 22.9. The van der Waals surface area contributed by atoms with Crippen LogP contribution in [0.1, 0.15) is 59.9 Å². The molecule has 204 valence electrons. The van der Waals surface area contributed by atoms with E-state index in [1.807, 2.05) is 81.4 Å². The number of hydrogen-bond acceptors (Lipinski definition) is 5. The van der Waals surface area contributed by atoms with Gasteiger partial charge in [0.05, 0.1) is 11.8 Å². The number of anilines is 1. The summed E-state index contributed by atoms with van der Waals surface area (Å²) in [5.74, 6) is -3.53. The zero-order valence-corrected chi connectivity index (χ0v) is 22.8. The molecular formula is C33H32N2O5. The molecule has 1 aliphatic heterocycles. The van der Waals surface area contributed by atoms with Crippen molar-refractivity contribution in [2.75, 3.05) is 11.9 Å². The summed E-state index contributed by atoms with van der Waals surface area (Å²) in [5, 5.41) is 2.75. The maximum Gasteiger partial charge on any atom is 0.329 e. The third-order valence-electron chi connectivity index (χ3n) is 8.53. The van der Waals surface area contributed by atoms with Gasteiger partial charge in [-0.05, 0) is 53.1 Å². The van der Waals surface area contributed by atoms with Gasteiger partial charge in [-0.3, -0.25) is 19.3 Å². The van der Waals surface area contributed by atoms with E-state index in [9.17, 15) is 19.2 Å². The van der Waals surface area contributed by atoms with Crippen LogP contribution in [0.15, 0.2) is 72.8 Å². The topological polar surface area (TPSA) is 92.8 Å². The minimum atomic E-state index is -1.09. The lowest BCUT2D eigenvalue weighted by Gasteiger charge is -2.45. The molecule has 0 spiro atoms. The summed E-state index contributed by atoms with van der Waals surface area (Å²) < 4.78 is 5.44. The van der Waals surface area contributed by atoms with Crippen LogP contribution in [0.2, 0.25) is 0 Å². The number of carbonyl (C=O) groups is 4. The van der Waals surface area contributed by atoms with Crippen LogP contribution in [0.4, 0.5) is 5.69 Å². The van der Waals surface area contributed by atoms with Gasteiger partial charge in [-0.15, -0.1) is 0 Å². The minimum Gasteiger partial charge on any atom is -0.454 e. The number of rotatable bonds is 7. The molecule has 7 nitrogen and oxygen atoms in total. The lowest BCUT2D eigenvalue weighted by atomic mass is 9.55. The number of benzene rings is 3. The van der Waals surface area contributed by atoms with Crippen LogP contribution in [0.25, 0.3) is 0 Å². The van der Waals surface area contributed by atoms with Crippen molar-refractivity contribution in [2.24, 2.45) is 17.8 Å². The molecule has 4 aliphatic rings. The van der Waals surface area contributed by atoms with E-state index < -0.39 is 36.4 Å². The highest BCUT2D eigenvalue weighted by atomic mass is 16.5. The monoisotopic (exact) mass is 536 g/mol. The van der Waals surface area contributed by atoms with E-state index in [1.54, 1.807) is 12.1 Å². The molecule has 3 amide bonds. The van der Waals surface area contributed by atoms with E-state index in [0.29, 0.717) is 5.69 Å². The van der Waals surface area contributed by atoms with Crippen LogP contribution in [-0.2, 0) is 23.9 Å². The molecule has 7 rings (SSSR count). The number of ether oxygens (including phenoxy) is 1. The first-order valence-corrected chi connectivity index (χ1v) is 13.8. The Labute approximate surface area is 233 Å². The molecule has 1 saturated heterocycles. The molecule has 40 heavy (non-hydrogen) atoms. The van der Waals surface area contributed by atoms with Crippen LogP contribution < -0.4 is 5.32 Å². The van der Waals surface area contributed by atoms with Gasteiger partial charge in [-0.2, -0.15) is 0 Å². The molecule has 0 unspecified atom stereocenters. The minimum absolute atomic E-state index is 0.00712. The average Bonchev–Trinajstić information content (AvgIpc) is 3.21. The Kier molecular flexibility index (Phi) is 6.53. The van der Waals surface area contributed by atoms with Crippen LogP contribution in [0.5, 0.6) is 0 Å². The standard InChI is InChI=1S/C33H32N2O5/c1-18(2)16-25(33(39)40-17-26(36)34-24-15-9-4-10-19(24)3)35-31(37)29-27-20-11-5-6-12-21(20)28(30(29)32(35)38)23-14-8-7-13-22(23)27/h4-15,18,25,27-30H,16-17H2,1-3H3,(H,34,36)/t25-,27?,28?,29-,30+/m1/s1. The molecule has 3 aromatic rings. The van der Waals surface area contributed by atoms with Crippen LogP contribution in [-0.4, -0.2) is 41.2 Å². The number of nitrogens with one attached hydrogen (secondary N) is 1. The summed E-state index contributed by atoms with van der Waals surface area (Å²) in [7, 11) is 0. The number of amides is 3. The Morgan fingerprint density at radius 1 is 0.800 bits per heavy atom. The van der Waals surface area contributed by atoms with Crippen molar-refractivity contribution < 1.29 is 23.9 Å². The van der Waals surface area contributed by atoms with E-state index >= 15 is 0 Å². The van der Waals surface area contributed by atoms with E-state index in [1.165, 1.54) is 0 Å². The maximum atomic E-state index is 14.1. The summed E-state index contributed by atoms with van der Waals surface area (Å²) in [6, 6.07) is 22.3. The fraction of sp³-hybridized carbons (Fsp3) is 0.333. The Hall–Kier alpha value is -4.26. The first-order chi connectivity index (χ1) is 19.3. The molecule has 3 aromatic carbocycles. The fourth-order valence-electron chi connectivity index (χ4n) is 6.89. The van der Waals surface area contributed by atoms with Crippen LogP contribution in [0.3, 0.4) is 0 Å². The zero-order chi connectivity index (χ0) is 28.1. The molecule has 1 N–H and O–H groups in total. The molecule has 3 atom stereocenters. The smallest absolute Gasteiger partial charge is 0.329 e. The lowest BCUT2D eigenvalue weighted by Crippen LogP contribution is -2.47. The van der Waals surface area contributed by atoms with Gasteiger partial charge in [0.2, 0.25) is 11.8 Å².